The number of nitrogens with zero attached hydrogens (tertiary/aromatic N) is 2. The minimum Gasteiger partial charge on any atom is -0.457 e. The molecule has 2 fully saturated rings. The molecule has 10 atom stereocenters. The van der Waals surface area contributed by atoms with Crippen LogP contribution in [0.4, 0.5) is 4.79 Å². The summed E-state index contributed by atoms with van der Waals surface area (Å²) in [6.07, 6.45) is 8.02. The molecule has 0 aliphatic carbocycles. The topological polar surface area (TPSA) is 132 Å². The lowest BCUT2D eigenvalue weighted by Gasteiger charge is -2.36. The van der Waals surface area contributed by atoms with Gasteiger partial charge >= 0.3 is 12.1 Å². The monoisotopic (exact) mass is 620 g/mol. The number of carbonyl (C=O) groups excluding carboxylic acids is 2. The molecule has 250 valence electrons. The number of hydrogen-bond donors (Lipinski definition) is 3. The third-order valence-electron chi connectivity index (χ3n) is 9.33. The second-order valence-corrected chi connectivity index (χ2v) is 13.5. The lowest BCUT2D eigenvalue weighted by molar-refractivity contribution is -0.151. The zero-order valence-electron chi connectivity index (χ0n) is 27.7. The van der Waals surface area contributed by atoms with Crippen LogP contribution in [0.15, 0.2) is 36.0 Å². The van der Waals surface area contributed by atoms with Crippen molar-refractivity contribution in [2.24, 2.45) is 17.8 Å². The smallest absolute Gasteiger partial charge is 0.410 e. The predicted octanol–water partition coefficient (Wildman–Crippen LogP) is 3.84. The first-order chi connectivity index (χ1) is 20.7. The van der Waals surface area contributed by atoms with Crippen LogP contribution in [0.1, 0.15) is 73.6 Å². The standard InChI is InChI=1S/C34H56N2O8/c1-8-27(38)25(5)32-28(42-32)20-22(2)10-9-11-23(3)31-24(4)12-13-29(43-33(40)36-18-16-35(7)17-19-36)34(6,41)15-14-26(37)21-30(39)44-31/h9-13,22,24-29,31-32,37-38,41H,8,14-21H2,1-7H3. The van der Waals surface area contributed by atoms with E-state index in [0.717, 1.165) is 25.1 Å². The number of piperazine rings is 1. The molecule has 2 saturated heterocycles. The van der Waals surface area contributed by atoms with E-state index in [9.17, 15) is 24.9 Å². The third kappa shape index (κ3) is 10.7. The van der Waals surface area contributed by atoms with Gasteiger partial charge in [-0.3, -0.25) is 4.79 Å². The fourth-order valence-electron chi connectivity index (χ4n) is 5.96. The maximum absolute atomic E-state index is 13.0. The fraction of sp³-hybridized carbons (Fsp3) is 0.765. The van der Waals surface area contributed by atoms with Crippen LogP contribution in [-0.4, -0.2) is 113 Å². The summed E-state index contributed by atoms with van der Waals surface area (Å²) in [6.45, 7) is 14.1. The number of carbonyl (C=O) groups is 2. The number of aliphatic hydroxyl groups excluding tert-OH is 2. The second-order valence-electron chi connectivity index (χ2n) is 13.5. The van der Waals surface area contributed by atoms with E-state index in [1.165, 1.54) is 0 Å². The Morgan fingerprint density at radius 1 is 1.23 bits per heavy atom. The van der Waals surface area contributed by atoms with Gasteiger partial charge in [0.2, 0.25) is 0 Å². The highest BCUT2D eigenvalue weighted by atomic mass is 16.6. The van der Waals surface area contributed by atoms with Crippen LogP contribution in [0.5, 0.6) is 0 Å². The Balaban J connectivity index is 1.71. The molecule has 0 radical (unpaired) electrons. The van der Waals surface area contributed by atoms with Gasteiger partial charge in [-0.25, -0.2) is 4.79 Å². The van der Waals surface area contributed by atoms with Crippen LogP contribution in [0, 0.1) is 17.8 Å². The summed E-state index contributed by atoms with van der Waals surface area (Å²) in [5.41, 5.74) is -0.623. The molecule has 0 aromatic rings. The van der Waals surface area contributed by atoms with E-state index in [4.69, 9.17) is 14.2 Å². The maximum atomic E-state index is 13.0. The number of allylic oxidation sites excluding steroid dienone is 3. The van der Waals surface area contributed by atoms with E-state index in [-0.39, 0.29) is 55.3 Å². The van der Waals surface area contributed by atoms with Crippen LogP contribution in [-0.2, 0) is 19.0 Å². The Morgan fingerprint density at radius 3 is 2.57 bits per heavy atom. The molecule has 0 aromatic heterocycles. The molecule has 0 aromatic carbocycles. The van der Waals surface area contributed by atoms with Crippen molar-refractivity contribution in [3.63, 3.8) is 0 Å². The number of ether oxygens (including phenoxy) is 3. The highest BCUT2D eigenvalue weighted by Crippen LogP contribution is 2.36. The average Bonchev–Trinajstić information content (AvgIpc) is 3.74. The lowest BCUT2D eigenvalue weighted by Crippen LogP contribution is -2.50. The molecule has 0 bridgehead atoms. The van der Waals surface area contributed by atoms with Crippen molar-refractivity contribution < 1.29 is 39.1 Å². The summed E-state index contributed by atoms with van der Waals surface area (Å²) in [7, 11) is 2.01. The molecule has 3 N–H and O–H groups in total. The summed E-state index contributed by atoms with van der Waals surface area (Å²) >= 11 is 0. The fourth-order valence-corrected chi connectivity index (χ4v) is 5.96. The van der Waals surface area contributed by atoms with E-state index in [1.807, 2.05) is 53.0 Å². The molecule has 10 nitrogen and oxygen atoms in total. The number of cyclic esters (lactones) is 1. The molecule has 0 spiro atoms. The van der Waals surface area contributed by atoms with Gasteiger partial charge in [0.1, 0.15) is 11.7 Å². The molecule has 3 rings (SSSR count). The molecule has 1 amide bonds. The van der Waals surface area contributed by atoms with Crippen molar-refractivity contribution in [3.8, 4) is 0 Å². The number of hydrogen-bond acceptors (Lipinski definition) is 9. The zero-order valence-corrected chi connectivity index (χ0v) is 27.7. The quantitative estimate of drug-likeness (QED) is 0.152. The number of amides is 1. The van der Waals surface area contributed by atoms with Crippen LogP contribution < -0.4 is 0 Å². The zero-order chi connectivity index (χ0) is 32.6. The molecular formula is C34H56N2O8. The summed E-state index contributed by atoms with van der Waals surface area (Å²) < 4.78 is 17.5. The normalized spacial score (nSPS) is 34.9. The molecule has 10 heteroatoms. The Labute approximate surface area is 263 Å². The summed E-state index contributed by atoms with van der Waals surface area (Å²) in [5, 5.41) is 32.0. The summed E-state index contributed by atoms with van der Waals surface area (Å²) in [5.74, 6) is -0.438. The predicted molar refractivity (Wildman–Crippen MR) is 169 cm³/mol. The van der Waals surface area contributed by atoms with Gasteiger partial charge in [-0.15, -0.1) is 0 Å². The van der Waals surface area contributed by atoms with Crippen molar-refractivity contribution in [2.75, 3.05) is 33.2 Å². The van der Waals surface area contributed by atoms with Crippen molar-refractivity contribution in [3.05, 3.63) is 36.0 Å². The van der Waals surface area contributed by atoms with Crippen molar-refractivity contribution in [2.45, 2.75) is 116 Å². The maximum Gasteiger partial charge on any atom is 0.410 e. The van der Waals surface area contributed by atoms with E-state index in [0.29, 0.717) is 19.5 Å². The molecular weight excluding hydrogens is 564 g/mol. The second kappa shape index (κ2) is 16.4. The van der Waals surface area contributed by atoms with Gasteiger partial charge in [-0.2, -0.15) is 0 Å². The van der Waals surface area contributed by atoms with E-state index in [1.54, 1.807) is 17.9 Å². The Kier molecular flexibility index (Phi) is 13.5. The van der Waals surface area contributed by atoms with E-state index < -0.39 is 36.0 Å². The van der Waals surface area contributed by atoms with Gasteiger partial charge in [0.25, 0.3) is 0 Å². The summed E-state index contributed by atoms with van der Waals surface area (Å²) in [4.78, 5) is 29.6. The average molecular weight is 621 g/mol. The number of esters is 1. The van der Waals surface area contributed by atoms with E-state index >= 15 is 0 Å². The number of epoxide rings is 1. The van der Waals surface area contributed by atoms with Crippen LogP contribution in [0.25, 0.3) is 0 Å². The minimum absolute atomic E-state index is 0.0992. The van der Waals surface area contributed by atoms with Gasteiger partial charge < -0.3 is 39.3 Å². The molecule has 0 saturated carbocycles. The number of aliphatic hydroxyl groups is 3. The Hall–Kier alpha value is -2.24. The molecule has 10 unspecified atom stereocenters. The number of rotatable bonds is 9. The van der Waals surface area contributed by atoms with Crippen molar-refractivity contribution in [1.82, 2.24) is 9.80 Å². The largest absolute Gasteiger partial charge is 0.457 e. The van der Waals surface area contributed by atoms with Crippen LogP contribution in [0.2, 0.25) is 0 Å². The Bertz CT molecular complexity index is 1030. The lowest BCUT2D eigenvalue weighted by atomic mass is 9.88. The van der Waals surface area contributed by atoms with E-state index in [2.05, 4.69) is 17.9 Å². The molecule has 3 aliphatic rings. The minimum atomic E-state index is -1.45. The first-order valence-corrected chi connectivity index (χ1v) is 16.3. The molecule has 44 heavy (non-hydrogen) atoms. The highest BCUT2D eigenvalue weighted by molar-refractivity contribution is 5.70. The van der Waals surface area contributed by atoms with Gasteiger partial charge in [-0.1, -0.05) is 52.0 Å². The SMILES string of the molecule is CCC(O)C(C)C1OC1CC(C)C=CC=C(C)C1OC(=O)CC(O)CCC(C)(O)C(OC(=O)N2CCN(C)CC2)C=CC1C. The number of likely N-dealkylation sites (N-methyl/N-ethyl adjacent to an activating group) is 1. The van der Waals surface area contributed by atoms with Crippen molar-refractivity contribution >= 4 is 12.1 Å². The van der Waals surface area contributed by atoms with Crippen LogP contribution >= 0.6 is 0 Å². The third-order valence-corrected chi connectivity index (χ3v) is 9.33. The van der Waals surface area contributed by atoms with Gasteiger partial charge in [-0.05, 0) is 64.1 Å². The highest BCUT2D eigenvalue weighted by Gasteiger charge is 2.45. The van der Waals surface area contributed by atoms with Crippen LogP contribution in [0.3, 0.4) is 0 Å². The Morgan fingerprint density at radius 2 is 1.91 bits per heavy atom. The van der Waals surface area contributed by atoms with Gasteiger partial charge in [0, 0.05) is 38.0 Å². The van der Waals surface area contributed by atoms with Gasteiger partial charge in [0.05, 0.1) is 30.8 Å². The summed E-state index contributed by atoms with van der Waals surface area (Å²) in [6, 6.07) is 0. The first kappa shape index (κ1) is 36.2. The molecule has 3 heterocycles. The van der Waals surface area contributed by atoms with Gasteiger partial charge in [0.15, 0.2) is 6.10 Å². The van der Waals surface area contributed by atoms with Crippen molar-refractivity contribution in [1.29, 1.82) is 0 Å². The first-order valence-electron chi connectivity index (χ1n) is 16.3. The molecule has 3 aliphatic heterocycles.